The molecule has 1 saturated heterocycles. The number of alkyl halides is 3. The van der Waals surface area contributed by atoms with Gasteiger partial charge in [0.2, 0.25) is 5.95 Å². The number of anilines is 2. The highest BCUT2D eigenvalue weighted by molar-refractivity contribution is 5.49. The Hall–Kier alpha value is -3.56. The summed E-state index contributed by atoms with van der Waals surface area (Å²) in [7, 11) is 0. The summed E-state index contributed by atoms with van der Waals surface area (Å²) in [4.78, 5) is 15.1. The molecular weight excluding hydrogens is 395 g/mol. The Balaban J connectivity index is 1.47. The third-order valence-corrected chi connectivity index (χ3v) is 4.79. The van der Waals surface area contributed by atoms with Gasteiger partial charge in [-0.15, -0.1) is 0 Å². The summed E-state index contributed by atoms with van der Waals surface area (Å²) in [5.41, 5.74) is 0.609. The van der Waals surface area contributed by atoms with Crippen LogP contribution in [-0.4, -0.2) is 32.6 Å². The molecule has 1 aliphatic heterocycles. The van der Waals surface area contributed by atoms with Gasteiger partial charge in [0.1, 0.15) is 5.82 Å². The van der Waals surface area contributed by atoms with Gasteiger partial charge in [0.25, 0.3) is 0 Å². The van der Waals surface area contributed by atoms with Crippen molar-refractivity contribution in [1.29, 1.82) is 0 Å². The first-order chi connectivity index (χ1) is 14.3. The van der Waals surface area contributed by atoms with Crippen LogP contribution in [0.4, 0.5) is 24.9 Å². The number of nitrogens with one attached hydrogen (secondary N) is 2. The molecule has 156 valence electrons. The molecule has 1 atom stereocenters. The van der Waals surface area contributed by atoms with Gasteiger partial charge in [0.05, 0.1) is 29.4 Å². The molecule has 0 aliphatic carbocycles. The average molecular weight is 415 g/mol. The quantitative estimate of drug-likeness (QED) is 0.662. The topological polar surface area (TPSA) is 70.9 Å². The van der Waals surface area contributed by atoms with E-state index in [9.17, 15) is 13.2 Å². The van der Waals surface area contributed by atoms with E-state index >= 15 is 0 Å². The van der Waals surface area contributed by atoms with Crippen LogP contribution in [0.2, 0.25) is 0 Å². The Bertz CT molecular complexity index is 1040. The van der Waals surface area contributed by atoms with Crippen LogP contribution in [0.25, 0.3) is 5.69 Å². The Kier molecular flexibility index (Phi) is 5.06. The second-order valence-electron chi connectivity index (χ2n) is 6.88. The van der Waals surface area contributed by atoms with Crippen LogP contribution in [0.1, 0.15) is 24.2 Å². The lowest BCUT2D eigenvalue weighted by Gasteiger charge is -2.18. The second-order valence-corrected chi connectivity index (χ2v) is 6.88. The first-order valence-electron chi connectivity index (χ1n) is 9.33. The third-order valence-electron chi connectivity index (χ3n) is 4.79. The standard InChI is InChI=1S/C20H20F3N7/c1-13(27-19-25-8-7-18(28-19)30-10-9-24-14(30)2)17-11-29(12-26-17)16-5-3-15(4-6-16)20(21,22)23/h3-8,11-13,24H,2,9-10H2,1H3,(H,25,27,28). The van der Waals surface area contributed by atoms with E-state index in [0.717, 1.165) is 36.9 Å². The van der Waals surface area contributed by atoms with Crippen molar-refractivity contribution in [3.63, 3.8) is 0 Å². The van der Waals surface area contributed by atoms with Crippen molar-refractivity contribution < 1.29 is 13.2 Å². The Morgan fingerprint density at radius 3 is 2.60 bits per heavy atom. The van der Waals surface area contributed by atoms with Crippen molar-refractivity contribution >= 4 is 11.8 Å². The molecule has 1 aromatic carbocycles. The molecule has 3 aromatic rings. The zero-order valence-corrected chi connectivity index (χ0v) is 16.2. The van der Waals surface area contributed by atoms with Crippen LogP contribution in [0.15, 0.2) is 61.5 Å². The van der Waals surface area contributed by atoms with Gasteiger partial charge in [-0.1, -0.05) is 6.58 Å². The van der Waals surface area contributed by atoms with Crippen molar-refractivity contribution in [2.75, 3.05) is 23.3 Å². The van der Waals surface area contributed by atoms with E-state index in [2.05, 4.69) is 32.2 Å². The summed E-state index contributed by atoms with van der Waals surface area (Å²) in [6, 6.07) is 6.53. The number of aromatic nitrogens is 4. The number of hydrogen-bond donors (Lipinski definition) is 2. The summed E-state index contributed by atoms with van der Waals surface area (Å²) < 4.78 is 39.9. The van der Waals surface area contributed by atoms with E-state index in [1.54, 1.807) is 23.3 Å². The number of nitrogens with zero attached hydrogens (tertiary/aromatic N) is 5. The third kappa shape index (κ3) is 4.07. The molecule has 0 bridgehead atoms. The molecule has 7 nitrogen and oxygen atoms in total. The Morgan fingerprint density at radius 2 is 1.93 bits per heavy atom. The first-order valence-corrected chi connectivity index (χ1v) is 9.33. The summed E-state index contributed by atoms with van der Waals surface area (Å²) in [5.74, 6) is 1.98. The SMILES string of the molecule is C=C1NCCN1c1ccnc(NC(C)c2cn(-c3ccc(C(F)(F)F)cc3)cn2)n1. The molecule has 1 fully saturated rings. The largest absolute Gasteiger partial charge is 0.416 e. The van der Waals surface area contributed by atoms with Gasteiger partial charge in [-0.2, -0.15) is 18.2 Å². The summed E-state index contributed by atoms with van der Waals surface area (Å²) in [6.07, 6.45) is 0.635. The predicted octanol–water partition coefficient (Wildman–Crippen LogP) is 3.74. The normalized spacial score (nSPS) is 15.2. The minimum atomic E-state index is -4.36. The Labute approximate surface area is 171 Å². The molecule has 30 heavy (non-hydrogen) atoms. The fourth-order valence-electron chi connectivity index (χ4n) is 3.16. The van der Waals surface area contributed by atoms with Crippen LogP contribution in [0.3, 0.4) is 0 Å². The monoisotopic (exact) mass is 415 g/mol. The average Bonchev–Trinajstić information content (AvgIpc) is 3.37. The molecule has 1 aliphatic rings. The van der Waals surface area contributed by atoms with E-state index in [1.807, 2.05) is 17.9 Å². The predicted molar refractivity (Wildman–Crippen MR) is 107 cm³/mol. The summed E-state index contributed by atoms with van der Waals surface area (Å²) >= 11 is 0. The van der Waals surface area contributed by atoms with Gasteiger partial charge in [-0.05, 0) is 37.3 Å². The van der Waals surface area contributed by atoms with Crippen LogP contribution in [-0.2, 0) is 6.18 Å². The molecule has 0 saturated carbocycles. The van der Waals surface area contributed by atoms with Gasteiger partial charge in [-0.3, -0.25) is 0 Å². The maximum Gasteiger partial charge on any atom is 0.416 e. The fraction of sp³-hybridized carbons (Fsp3) is 0.250. The smallest absolute Gasteiger partial charge is 0.370 e. The maximum atomic E-state index is 12.7. The van der Waals surface area contributed by atoms with Gasteiger partial charge in [-0.25, -0.2) is 9.97 Å². The minimum Gasteiger partial charge on any atom is -0.370 e. The van der Waals surface area contributed by atoms with Gasteiger partial charge in [0.15, 0.2) is 0 Å². The van der Waals surface area contributed by atoms with Crippen LogP contribution in [0, 0.1) is 0 Å². The highest BCUT2D eigenvalue weighted by atomic mass is 19.4. The van der Waals surface area contributed by atoms with E-state index in [4.69, 9.17) is 0 Å². The molecule has 2 aromatic heterocycles. The van der Waals surface area contributed by atoms with Crippen molar-refractivity contribution in [2.24, 2.45) is 0 Å². The van der Waals surface area contributed by atoms with Crippen molar-refractivity contribution in [1.82, 2.24) is 24.8 Å². The summed E-state index contributed by atoms with van der Waals surface area (Å²) in [6.45, 7) is 7.46. The van der Waals surface area contributed by atoms with Gasteiger partial charge in [0, 0.05) is 31.2 Å². The number of imidazole rings is 1. The number of rotatable bonds is 5. The van der Waals surface area contributed by atoms with E-state index in [0.29, 0.717) is 17.3 Å². The molecule has 4 rings (SSSR count). The van der Waals surface area contributed by atoms with E-state index in [1.165, 1.54) is 12.1 Å². The lowest BCUT2D eigenvalue weighted by molar-refractivity contribution is -0.137. The molecule has 0 amide bonds. The molecule has 1 unspecified atom stereocenters. The highest BCUT2D eigenvalue weighted by Crippen LogP contribution is 2.29. The minimum absolute atomic E-state index is 0.212. The Morgan fingerprint density at radius 1 is 1.17 bits per heavy atom. The van der Waals surface area contributed by atoms with E-state index < -0.39 is 11.7 Å². The lowest BCUT2D eigenvalue weighted by atomic mass is 10.2. The molecule has 2 N–H and O–H groups in total. The molecular formula is C20H20F3N7. The maximum absolute atomic E-state index is 12.7. The number of benzene rings is 1. The van der Waals surface area contributed by atoms with Crippen molar-refractivity contribution in [2.45, 2.75) is 19.1 Å². The van der Waals surface area contributed by atoms with Gasteiger partial charge >= 0.3 is 6.18 Å². The van der Waals surface area contributed by atoms with Crippen molar-refractivity contribution in [3.8, 4) is 5.69 Å². The molecule has 3 heterocycles. The second kappa shape index (κ2) is 7.69. The number of hydrogen-bond acceptors (Lipinski definition) is 6. The molecule has 0 spiro atoms. The number of halogens is 3. The van der Waals surface area contributed by atoms with Gasteiger partial charge < -0.3 is 20.1 Å². The summed E-state index contributed by atoms with van der Waals surface area (Å²) in [5, 5.41) is 6.37. The highest BCUT2D eigenvalue weighted by Gasteiger charge is 2.30. The zero-order valence-electron chi connectivity index (χ0n) is 16.2. The van der Waals surface area contributed by atoms with E-state index in [-0.39, 0.29) is 6.04 Å². The van der Waals surface area contributed by atoms with Crippen LogP contribution >= 0.6 is 0 Å². The van der Waals surface area contributed by atoms with Crippen molar-refractivity contribution in [3.05, 3.63) is 72.7 Å². The first kappa shape index (κ1) is 19.7. The fourth-order valence-corrected chi connectivity index (χ4v) is 3.16. The van der Waals surface area contributed by atoms with Crippen LogP contribution < -0.4 is 15.5 Å². The zero-order chi connectivity index (χ0) is 21.3. The molecule has 0 radical (unpaired) electrons. The lowest BCUT2D eigenvalue weighted by Crippen LogP contribution is -2.20. The van der Waals surface area contributed by atoms with Crippen LogP contribution in [0.5, 0.6) is 0 Å². The molecule has 10 heteroatoms.